The summed E-state index contributed by atoms with van der Waals surface area (Å²) >= 11 is 0. The number of aromatic nitrogens is 3. The lowest BCUT2D eigenvalue weighted by Gasteiger charge is -2.29. The van der Waals surface area contributed by atoms with Crippen molar-refractivity contribution in [3.63, 3.8) is 0 Å². The number of ether oxygens (including phenoxy) is 1. The zero-order chi connectivity index (χ0) is 20.0. The molecule has 1 spiro atoms. The van der Waals surface area contributed by atoms with Crippen molar-refractivity contribution in [2.24, 2.45) is 11.8 Å². The fourth-order valence-electron chi connectivity index (χ4n) is 5.40. The Balaban J connectivity index is 1.23. The quantitative estimate of drug-likeness (QED) is 0.775. The molecule has 3 saturated heterocycles. The molecule has 0 unspecified atom stereocenters. The number of halogens is 1. The van der Waals surface area contributed by atoms with Gasteiger partial charge in [-0.25, -0.2) is 9.37 Å². The monoisotopic (exact) mass is 399 g/mol. The SMILES string of the molecule is CCc1n[nH]c(CN2C[C@@H]3[C@H](CNC(=O)c4cccc(F)c4)[C@H]4CC[C@]3(C2)O4)n1. The zero-order valence-corrected chi connectivity index (χ0v) is 16.5. The van der Waals surface area contributed by atoms with Gasteiger partial charge in [0, 0.05) is 43.5 Å². The molecule has 4 atom stereocenters. The Morgan fingerprint density at radius 2 is 2.38 bits per heavy atom. The number of hydrogen-bond donors (Lipinski definition) is 2. The second-order valence-corrected chi connectivity index (χ2v) is 8.47. The first-order valence-electron chi connectivity index (χ1n) is 10.4. The van der Waals surface area contributed by atoms with Crippen LogP contribution in [0.3, 0.4) is 0 Å². The molecule has 1 aromatic carbocycles. The largest absolute Gasteiger partial charge is 0.370 e. The van der Waals surface area contributed by atoms with Gasteiger partial charge in [-0.1, -0.05) is 13.0 Å². The van der Waals surface area contributed by atoms with Crippen LogP contribution in [0.4, 0.5) is 4.39 Å². The Labute approximate surface area is 169 Å². The van der Waals surface area contributed by atoms with Crippen molar-refractivity contribution in [1.82, 2.24) is 25.4 Å². The summed E-state index contributed by atoms with van der Waals surface area (Å²) in [4.78, 5) is 19.3. The lowest BCUT2D eigenvalue weighted by molar-refractivity contribution is 0.00195. The second-order valence-electron chi connectivity index (χ2n) is 8.47. The molecule has 0 saturated carbocycles. The Bertz CT molecular complexity index is 918. The summed E-state index contributed by atoms with van der Waals surface area (Å²) in [6.45, 7) is 5.16. The van der Waals surface area contributed by atoms with Crippen LogP contribution in [-0.2, 0) is 17.7 Å². The van der Waals surface area contributed by atoms with E-state index in [2.05, 4.69) is 25.4 Å². The Morgan fingerprint density at radius 3 is 3.17 bits per heavy atom. The molecule has 8 heteroatoms. The number of benzene rings is 1. The topological polar surface area (TPSA) is 83.1 Å². The minimum Gasteiger partial charge on any atom is -0.370 e. The number of likely N-dealkylation sites (tertiary alicyclic amines) is 1. The molecule has 29 heavy (non-hydrogen) atoms. The Morgan fingerprint density at radius 1 is 1.48 bits per heavy atom. The molecule has 3 aliphatic heterocycles. The molecule has 5 rings (SSSR count). The van der Waals surface area contributed by atoms with E-state index in [-0.39, 0.29) is 23.5 Å². The lowest BCUT2D eigenvalue weighted by atomic mass is 9.73. The lowest BCUT2D eigenvalue weighted by Crippen LogP contribution is -2.41. The van der Waals surface area contributed by atoms with Crippen molar-refractivity contribution >= 4 is 5.91 Å². The van der Waals surface area contributed by atoms with Gasteiger partial charge in [-0.15, -0.1) is 0 Å². The number of nitrogens with zero attached hydrogens (tertiary/aromatic N) is 3. The predicted molar refractivity (Wildman–Crippen MR) is 104 cm³/mol. The first kappa shape index (κ1) is 18.7. The molecule has 0 aliphatic carbocycles. The minimum atomic E-state index is -0.398. The molecule has 3 aliphatic rings. The van der Waals surface area contributed by atoms with Gasteiger partial charge in [0.05, 0.1) is 18.2 Å². The van der Waals surface area contributed by atoms with Gasteiger partial charge < -0.3 is 10.1 Å². The van der Waals surface area contributed by atoms with Gasteiger partial charge in [0.1, 0.15) is 17.5 Å². The van der Waals surface area contributed by atoms with E-state index in [1.54, 1.807) is 12.1 Å². The average Bonchev–Trinajstić information content (AvgIpc) is 3.46. The van der Waals surface area contributed by atoms with Crippen molar-refractivity contribution < 1.29 is 13.9 Å². The van der Waals surface area contributed by atoms with Crippen LogP contribution in [0.2, 0.25) is 0 Å². The van der Waals surface area contributed by atoms with Crippen molar-refractivity contribution in [2.75, 3.05) is 19.6 Å². The van der Waals surface area contributed by atoms with Crippen LogP contribution in [0.1, 0.15) is 41.8 Å². The molecule has 154 valence electrons. The van der Waals surface area contributed by atoms with E-state index in [0.29, 0.717) is 18.0 Å². The third kappa shape index (κ3) is 3.34. The Kier molecular flexibility index (Phi) is 4.63. The third-order valence-corrected chi connectivity index (χ3v) is 6.71. The van der Waals surface area contributed by atoms with E-state index >= 15 is 0 Å². The van der Waals surface area contributed by atoms with Gasteiger partial charge in [-0.3, -0.25) is 14.8 Å². The van der Waals surface area contributed by atoms with E-state index in [4.69, 9.17) is 4.74 Å². The summed E-state index contributed by atoms with van der Waals surface area (Å²) in [5, 5.41) is 10.3. The summed E-state index contributed by atoms with van der Waals surface area (Å²) in [5.74, 6) is 1.78. The predicted octanol–water partition coefficient (Wildman–Crippen LogP) is 1.92. The van der Waals surface area contributed by atoms with Crippen LogP contribution in [0, 0.1) is 17.7 Å². The molecular weight excluding hydrogens is 373 g/mol. The second kappa shape index (κ2) is 7.18. The number of aryl methyl sites for hydroxylation is 1. The van der Waals surface area contributed by atoms with Crippen LogP contribution in [0.15, 0.2) is 24.3 Å². The molecule has 2 N–H and O–H groups in total. The van der Waals surface area contributed by atoms with Gasteiger partial charge in [-0.2, -0.15) is 5.10 Å². The number of nitrogens with one attached hydrogen (secondary N) is 2. The van der Waals surface area contributed by atoms with Crippen LogP contribution in [-0.4, -0.2) is 57.3 Å². The molecular formula is C21H26FN5O2. The number of aromatic amines is 1. The van der Waals surface area contributed by atoms with E-state index in [0.717, 1.165) is 50.5 Å². The van der Waals surface area contributed by atoms with Crippen molar-refractivity contribution in [3.05, 3.63) is 47.3 Å². The molecule has 1 amide bonds. The fourth-order valence-corrected chi connectivity index (χ4v) is 5.40. The summed E-state index contributed by atoms with van der Waals surface area (Å²) in [6.07, 6.45) is 3.13. The number of H-pyrrole nitrogens is 1. The normalized spacial score (nSPS) is 30.6. The van der Waals surface area contributed by atoms with E-state index in [9.17, 15) is 9.18 Å². The average molecular weight is 399 g/mol. The highest BCUT2D eigenvalue weighted by Crippen LogP contribution is 2.54. The Hall–Kier alpha value is -2.32. The summed E-state index contributed by atoms with van der Waals surface area (Å²) in [7, 11) is 0. The molecule has 7 nitrogen and oxygen atoms in total. The molecule has 2 bridgehead atoms. The highest BCUT2D eigenvalue weighted by Gasteiger charge is 2.62. The number of amides is 1. The highest BCUT2D eigenvalue weighted by atomic mass is 19.1. The van der Waals surface area contributed by atoms with Crippen molar-refractivity contribution in [2.45, 2.75) is 44.4 Å². The van der Waals surface area contributed by atoms with Gasteiger partial charge in [0.2, 0.25) is 0 Å². The first-order valence-corrected chi connectivity index (χ1v) is 10.4. The number of rotatable bonds is 6. The maximum Gasteiger partial charge on any atom is 0.251 e. The van der Waals surface area contributed by atoms with Crippen LogP contribution in [0.5, 0.6) is 0 Å². The maximum absolute atomic E-state index is 13.4. The van der Waals surface area contributed by atoms with E-state index in [1.165, 1.54) is 12.1 Å². The summed E-state index contributed by atoms with van der Waals surface area (Å²) in [6, 6.07) is 5.81. The standard InChI is InChI=1S/C21H26FN5O2/c1-2-18-24-19(26-25-18)11-27-10-16-15(17-6-7-21(16,12-27)29-17)9-23-20(28)13-4-3-5-14(22)8-13/h3-5,8,15-17H,2,6-7,9-12H2,1H3,(H,23,28)(H,24,25,26)/t15-,16+,17+,21+/m0/s1. The van der Waals surface area contributed by atoms with E-state index < -0.39 is 5.82 Å². The molecule has 3 fully saturated rings. The molecule has 4 heterocycles. The first-order chi connectivity index (χ1) is 14.1. The number of hydrogen-bond acceptors (Lipinski definition) is 5. The van der Waals surface area contributed by atoms with Crippen molar-refractivity contribution in [1.29, 1.82) is 0 Å². The third-order valence-electron chi connectivity index (χ3n) is 6.71. The van der Waals surface area contributed by atoms with Crippen LogP contribution in [0.25, 0.3) is 0 Å². The van der Waals surface area contributed by atoms with Crippen LogP contribution >= 0.6 is 0 Å². The highest BCUT2D eigenvalue weighted by molar-refractivity contribution is 5.94. The van der Waals surface area contributed by atoms with Gasteiger partial charge in [-0.05, 0) is 31.0 Å². The van der Waals surface area contributed by atoms with Gasteiger partial charge >= 0.3 is 0 Å². The number of carbonyl (C=O) groups is 1. The van der Waals surface area contributed by atoms with Gasteiger partial charge in [0.25, 0.3) is 5.91 Å². The summed E-state index contributed by atoms with van der Waals surface area (Å²) < 4.78 is 19.8. The van der Waals surface area contributed by atoms with Crippen LogP contribution < -0.4 is 5.32 Å². The minimum absolute atomic E-state index is 0.105. The van der Waals surface area contributed by atoms with Gasteiger partial charge in [0.15, 0.2) is 0 Å². The molecule has 0 radical (unpaired) electrons. The summed E-state index contributed by atoms with van der Waals surface area (Å²) in [5.41, 5.74) is 0.251. The van der Waals surface area contributed by atoms with Crippen molar-refractivity contribution in [3.8, 4) is 0 Å². The smallest absolute Gasteiger partial charge is 0.251 e. The fraction of sp³-hybridized carbons (Fsp3) is 0.571. The maximum atomic E-state index is 13.4. The number of carbonyl (C=O) groups excluding carboxylic acids is 1. The molecule has 2 aromatic rings. The van der Waals surface area contributed by atoms with E-state index in [1.807, 2.05) is 6.92 Å². The molecule has 1 aromatic heterocycles. The zero-order valence-electron chi connectivity index (χ0n) is 16.5. The number of fused-ring (bicyclic) bond motifs is 1.